The first-order chi connectivity index (χ1) is 22.4. The molecule has 262 valence electrons. The summed E-state index contributed by atoms with van der Waals surface area (Å²) in [6, 6.07) is 0. The highest BCUT2D eigenvalue weighted by Gasteiger charge is 2.57. The molecule has 3 heterocycles. The predicted octanol–water partition coefficient (Wildman–Crippen LogP) is -3.22. The molecule has 3 aliphatic heterocycles. The third kappa shape index (κ3) is 8.55. The van der Waals surface area contributed by atoms with Crippen LogP contribution in [0.2, 0.25) is 0 Å². The zero-order valence-electron chi connectivity index (χ0n) is 26.2. The van der Waals surface area contributed by atoms with Crippen LogP contribution < -0.4 is 16.4 Å². The zero-order chi connectivity index (χ0) is 34.9. The van der Waals surface area contributed by atoms with Gasteiger partial charge >= 0.3 is 11.9 Å². The van der Waals surface area contributed by atoms with Gasteiger partial charge in [-0.25, -0.2) is 9.59 Å². The number of aliphatic hydroxyl groups is 5. The van der Waals surface area contributed by atoms with E-state index in [1.807, 2.05) is 0 Å². The monoisotopic (exact) mass is 669 g/mol. The zero-order valence-corrected chi connectivity index (χ0v) is 26.2. The molecule has 0 aliphatic carbocycles. The minimum absolute atomic E-state index is 0.0265. The first kappa shape index (κ1) is 37.6. The number of allylic oxidation sites excluding steroid dienone is 2. The van der Waals surface area contributed by atoms with Gasteiger partial charge in [-0.2, -0.15) is 0 Å². The van der Waals surface area contributed by atoms with Crippen molar-refractivity contribution in [2.24, 2.45) is 22.6 Å². The molecule has 0 aromatic carbocycles. The number of carbonyl (C=O) groups is 2. The van der Waals surface area contributed by atoms with Gasteiger partial charge in [-0.1, -0.05) is 18.2 Å². The van der Waals surface area contributed by atoms with Gasteiger partial charge in [0.2, 0.25) is 12.1 Å². The molecule has 18 nitrogen and oxygen atoms in total. The molecule has 1 fully saturated rings. The number of aliphatic hydroxyl groups excluding tert-OH is 3. The number of nitrogens with one attached hydrogen (secondary N) is 2. The summed E-state index contributed by atoms with van der Waals surface area (Å²) < 4.78 is 27.8. The summed E-state index contributed by atoms with van der Waals surface area (Å²) in [5.74, 6) is -6.78. The van der Waals surface area contributed by atoms with E-state index < -0.39 is 67.1 Å². The summed E-state index contributed by atoms with van der Waals surface area (Å²) in [4.78, 5) is 30.5. The fourth-order valence-electron chi connectivity index (χ4n) is 5.19. The largest absolute Gasteiger partial charge is 0.478 e. The van der Waals surface area contributed by atoms with Crippen LogP contribution in [0.4, 0.5) is 0 Å². The number of nitrogens with two attached hydrogens (primary N) is 1. The summed E-state index contributed by atoms with van der Waals surface area (Å²) >= 11 is 0. The summed E-state index contributed by atoms with van der Waals surface area (Å²) in [6.07, 6.45) is -0.894. The van der Waals surface area contributed by atoms with E-state index in [-0.39, 0.29) is 49.2 Å². The summed E-state index contributed by atoms with van der Waals surface area (Å²) in [5, 5.41) is 66.6. The van der Waals surface area contributed by atoms with Crippen molar-refractivity contribution in [3.05, 3.63) is 59.7 Å². The molecule has 10 N–H and O–H groups in total. The maximum atomic E-state index is 12.9. The quantitative estimate of drug-likeness (QED) is 0.0289. The number of hydrogen-bond acceptors (Lipinski definition) is 15. The molecule has 0 radical (unpaired) electrons. The summed E-state index contributed by atoms with van der Waals surface area (Å²) in [7, 11) is 4.12. The highest BCUT2D eigenvalue weighted by atomic mass is 16.8. The third-order valence-electron chi connectivity index (χ3n) is 7.62. The second-order valence-electron chi connectivity index (χ2n) is 10.6. The van der Waals surface area contributed by atoms with Crippen LogP contribution >= 0.6 is 0 Å². The van der Waals surface area contributed by atoms with E-state index in [0.29, 0.717) is 5.57 Å². The van der Waals surface area contributed by atoms with Crippen molar-refractivity contribution in [3.63, 3.8) is 0 Å². The molecule has 0 saturated carbocycles. The van der Waals surface area contributed by atoms with Crippen molar-refractivity contribution < 1.29 is 63.9 Å². The summed E-state index contributed by atoms with van der Waals surface area (Å²) in [6.45, 7) is 2.66. The lowest BCUT2D eigenvalue weighted by Gasteiger charge is -2.47. The van der Waals surface area contributed by atoms with E-state index in [2.05, 4.69) is 22.2 Å². The molecule has 0 aromatic rings. The van der Waals surface area contributed by atoms with Crippen molar-refractivity contribution >= 4 is 17.9 Å². The van der Waals surface area contributed by atoms with E-state index in [1.165, 1.54) is 33.4 Å². The topological polar surface area (TPSA) is 267 Å². The Morgan fingerprint density at radius 1 is 1.30 bits per heavy atom. The van der Waals surface area contributed by atoms with Crippen LogP contribution in [0.15, 0.2) is 64.7 Å². The number of nitrogens with zero attached hydrogens (tertiary/aromatic N) is 2. The van der Waals surface area contributed by atoms with Gasteiger partial charge < -0.3 is 70.3 Å². The Balaban J connectivity index is 2.05. The minimum Gasteiger partial charge on any atom is -0.478 e. The first-order valence-electron chi connectivity index (χ1n) is 14.5. The Hall–Kier alpha value is -3.85. The molecule has 0 aromatic heterocycles. The second-order valence-corrected chi connectivity index (χ2v) is 10.6. The molecular formula is C29H43N5O13. The second kappa shape index (κ2) is 16.8. The minimum atomic E-state index is -2.92. The third-order valence-corrected chi connectivity index (χ3v) is 7.62. The van der Waals surface area contributed by atoms with Crippen molar-refractivity contribution in [3.8, 4) is 0 Å². The molecule has 0 amide bonds. The first-order valence-corrected chi connectivity index (χ1v) is 14.5. The molecule has 18 heteroatoms. The molecule has 0 unspecified atom stereocenters. The molecular weight excluding hydrogens is 626 g/mol. The number of aliphatic imine (C=N–C) groups is 1. The lowest BCUT2D eigenvalue weighted by Crippen LogP contribution is -2.69. The number of ether oxygens (including phenoxy) is 5. The van der Waals surface area contributed by atoms with Gasteiger partial charge in [-0.3, -0.25) is 10.3 Å². The van der Waals surface area contributed by atoms with Crippen LogP contribution in [-0.2, 0) is 33.3 Å². The van der Waals surface area contributed by atoms with Crippen molar-refractivity contribution in [1.82, 2.24) is 15.5 Å². The fraction of sp³-hybridized carbons (Fsp3) is 0.552. The SMILES string of the molecule is C=C[C@H]1[C@H](O[C@@H]2O[C@H](CO)[C@@H](O)C(O)(O)[C@H]2OCNC)OC=C(C(=O)OC)[C@H]1/C=C\C1=CN(CCO)CC(C(=O)O)=C1NC(N)=NC. The standard InChI is InChI=1S/C29H43N5O13/c1-5-16-17(7-6-15-10-34(8-9-35)11-18(24(38)39)21(15)33-28(30)32-3)19(25(40)43-4)13-44-26(16)47-27-23(45-14-31-2)29(41,42)22(37)20(12-36)46-27/h5-7,10,13,16-17,20,22-23,26-27,31,35-37,41-42H,1,8-9,11-12,14H2,2-4H3,(H,38,39)(H3,30,32,33)/b7-6-/t16-,17+,20-,22-,23+,26+,27+/m1/s1. The number of carboxylic acid groups (broad SMARTS) is 1. The van der Waals surface area contributed by atoms with Crippen LogP contribution in [0.3, 0.4) is 0 Å². The Labute approximate surface area is 270 Å². The summed E-state index contributed by atoms with van der Waals surface area (Å²) in [5.41, 5.74) is 6.27. The number of β-amino-alcohol motifs (C(OH)–C–C–N with tert-alkyl or cyclic N) is 1. The lowest BCUT2D eigenvalue weighted by atomic mass is 9.83. The van der Waals surface area contributed by atoms with Gasteiger partial charge in [0.05, 0.1) is 62.6 Å². The Morgan fingerprint density at radius 2 is 2.02 bits per heavy atom. The number of carbonyl (C=O) groups excluding carboxylic acids is 1. The highest BCUT2D eigenvalue weighted by Crippen LogP contribution is 2.38. The Kier molecular flexibility index (Phi) is 13.5. The molecule has 0 spiro atoms. The number of aliphatic carboxylic acids is 1. The highest BCUT2D eigenvalue weighted by molar-refractivity contribution is 5.92. The molecule has 3 aliphatic rings. The van der Waals surface area contributed by atoms with E-state index in [0.717, 1.165) is 6.26 Å². The van der Waals surface area contributed by atoms with Crippen molar-refractivity contribution in [1.29, 1.82) is 0 Å². The molecule has 0 bridgehead atoms. The number of carboxylic acids is 1. The van der Waals surface area contributed by atoms with Crippen molar-refractivity contribution in [2.45, 2.75) is 36.7 Å². The number of methoxy groups -OCH3 is 1. The Bertz CT molecular complexity index is 1300. The maximum Gasteiger partial charge on any atom is 0.337 e. The maximum absolute atomic E-state index is 12.9. The lowest BCUT2D eigenvalue weighted by molar-refractivity contribution is -0.410. The van der Waals surface area contributed by atoms with E-state index in [4.69, 9.17) is 29.4 Å². The van der Waals surface area contributed by atoms with E-state index >= 15 is 0 Å². The fourth-order valence-corrected chi connectivity index (χ4v) is 5.19. The van der Waals surface area contributed by atoms with E-state index in [1.54, 1.807) is 17.2 Å². The molecule has 7 atom stereocenters. The number of guanidine groups is 1. The van der Waals surface area contributed by atoms with Crippen LogP contribution in [0.1, 0.15) is 0 Å². The van der Waals surface area contributed by atoms with Gasteiger partial charge in [0.15, 0.2) is 18.4 Å². The van der Waals surface area contributed by atoms with Gasteiger partial charge in [0.1, 0.15) is 12.2 Å². The van der Waals surface area contributed by atoms with Crippen LogP contribution in [0.25, 0.3) is 0 Å². The van der Waals surface area contributed by atoms with Crippen LogP contribution in [0.5, 0.6) is 0 Å². The number of hydrogen-bond donors (Lipinski definition) is 9. The molecule has 1 saturated heterocycles. The molecule has 3 rings (SSSR count). The van der Waals surface area contributed by atoms with Crippen molar-refractivity contribution in [2.75, 3.05) is 54.2 Å². The van der Waals surface area contributed by atoms with Crippen LogP contribution in [0, 0.1) is 11.8 Å². The van der Waals surface area contributed by atoms with E-state index in [9.17, 15) is 40.2 Å². The smallest absolute Gasteiger partial charge is 0.337 e. The Morgan fingerprint density at radius 3 is 2.60 bits per heavy atom. The van der Waals surface area contributed by atoms with Gasteiger partial charge in [-0.15, -0.1) is 6.58 Å². The average Bonchev–Trinajstić information content (AvgIpc) is 3.05. The van der Waals surface area contributed by atoms with Gasteiger partial charge in [0.25, 0.3) is 0 Å². The van der Waals surface area contributed by atoms with Gasteiger partial charge in [0, 0.05) is 31.3 Å². The number of rotatable bonds is 14. The van der Waals surface area contributed by atoms with Gasteiger partial charge in [-0.05, 0) is 7.05 Å². The number of esters is 1. The molecule has 47 heavy (non-hydrogen) atoms. The van der Waals surface area contributed by atoms with Crippen LogP contribution in [-0.4, -0.2) is 144 Å². The normalized spacial score (nSPS) is 29.6. The average molecular weight is 670 g/mol. The predicted molar refractivity (Wildman–Crippen MR) is 162 cm³/mol.